The van der Waals surface area contributed by atoms with E-state index < -0.39 is 8.25 Å². The van der Waals surface area contributed by atoms with Crippen molar-refractivity contribution in [2.24, 2.45) is 0 Å². The molecule has 0 aromatic carbocycles. The largest absolute Gasteiger partial charge is 0.804 e. The molecule has 0 aromatic rings. The summed E-state index contributed by atoms with van der Waals surface area (Å²) in [6.07, 6.45) is 6.91. The highest BCUT2D eigenvalue weighted by Crippen LogP contribution is 2.33. The summed E-state index contributed by atoms with van der Waals surface area (Å²) < 4.78 is 22.7. The smallest absolute Gasteiger partial charge is 0.227 e. The highest BCUT2D eigenvalue weighted by Gasteiger charge is 2.26. The molecule has 0 saturated heterocycles. The zero-order chi connectivity index (χ0) is 15.2. The van der Waals surface area contributed by atoms with E-state index in [1.807, 2.05) is 12.2 Å². The Morgan fingerprint density at radius 2 is 1.20 bits per heavy atom. The van der Waals surface area contributed by atoms with Crippen molar-refractivity contribution in [1.29, 1.82) is 0 Å². The van der Waals surface area contributed by atoms with Crippen LogP contribution in [0, 0.1) is 0 Å². The summed E-state index contributed by atoms with van der Waals surface area (Å²) >= 11 is 13.4. The lowest BCUT2D eigenvalue weighted by atomic mass is 10.3. The zero-order valence-electron chi connectivity index (χ0n) is 11.0. The van der Waals surface area contributed by atoms with E-state index in [0.29, 0.717) is 24.4 Å². The van der Waals surface area contributed by atoms with Gasteiger partial charge in [-0.25, -0.2) is 9.05 Å². The van der Waals surface area contributed by atoms with Gasteiger partial charge in [0.2, 0.25) is 0 Å². The second kappa shape index (κ2) is 15.0. The summed E-state index contributed by atoms with van der Waals surface area (Å²) in [5.41, 5.74) is 0. The second-order valence-corrected chi connectivity index (χ2v) is 7.56. The van der Waals surface area contributed by atoms with E-state index in [1.165, 1.54) is 0 Å². The number of allylic oxidation sites excluding steroid dienone is 4. The van der Waals surface area contributed by atoms with Crippen molar-refractivity contribution in [3.63, 3.8) is 0 Å². The third kappa shape index (κ3) is 11.7. The molecular weight excluding hydrogens is 543 g/mol. The van der Waals surface area contributed by atoms with Crippen molar-refractivity contribution in [3.05, 3.63) is 23.7 Å². The lowest BCUT2D eigenvalue weighted by Crippen LogP contribution is -1.92. The van der Waals surface area contributed by atoms with Crippen LogP contribution < -0.4 is 0 Å². The van der Waals surface area contributed by atoms with Gasteiger partial charge in [-0.3, -0.25) is 0 Å². The minimum absolute atomic E-state index is 0.691. The predicted molar refractivity (Wildman–Crippen MR) is 99.6 cm³/mol. The van der Waals surface area contributed by atoms with Gasteiger partial charge in [-0.2, -0.15) is 0 Å². The van der Waals surface area contributed by atoms with Gasteiger partial charge in [0.1, 0.15) is 0 Å². The van der Waals surface area contributed by atoms with E-state index >= 15 is 0 Å². The molecule has 0 saturated carbocycles. The van der Waals surface area contributed by atoms with Crippen LogP contribution in [0.15, 0.2) is 23.7 Å². The van der Waals surface area contributed by atoms with Crippen molar-refractivity contribution in [2.45, 2.75) is 25.7 Å². The van der Waals surface area contributed by atoms with Gasteiger partial charge in [-0.05, 0) is 25.0 Å². The fourth-order valence-electron chi connectivity index (χ4n) is 1.20. The number of hydrogen-bond donors (Lipinski definition) is 0. The van der Waals surface area contributed by atoms with Crippen LogP contribution in [-0.4, -0.2) is 21.3 Å². The maximum atomic E-state index is 11.9. The first-order valence-corrected chi connectivity index (χ1v) is 11.7. The highest BCUT2D eigenvalue weighted by molar-refractivity contribution is 9.09. The predicted octanol–water partition coefficient (Wildman–Crippen LogP) is 6.58. The minimum Gasteiger partial charge on any atom is -0.227 e. The molecule has 0 aliphatic heterocycles. The fourth-order valence-corrected chi connectivity index (χ4v) is 3.19. The van der Waals surface area contributed by atoms with Crippen molar-refractivity contribution >= 4 is 72.0 Å². The van der Waals surface area contributed by atoms with Gasteiger partial charge in [-0.15, -0.1) is 0 Å². The van der Waals surface area contributed by atoms with Crippen LogP contribution >= 0.6 is 72.0 Å². The van der Waals surface area contributed by atoms with E-state index in [4.69, 9.17) is 9.05 Å². The molecule has 0 atom stereocenters. The molecule has 0 fully saturated rings. The molecule has 3 nitrogen and oxygen atoms in total. The lowest BCUT2D eigenvalue weighted by molar-refractivity contribution is 0.304. The quantitative estimate of drug-likeness (QED) is 0.154. The molecule has 0 aliphatic rings. The van der Waals surface area contributed by atoms with Gasteiger partial charge in [0.15, 0.2) is 11.5 Å². The molecule has 116 valence electrons. The monoisotopic (exact) mass is 557 g/mol. The van der Waals surface area contributed by atoms with Crippen molar-refractivity contribution in [3.8, 4) is 0 Å². The summed E-state index contributed by atoms with van der Waals surface area (Å²) in [5, 5.41) is 3.22. The molecule has 0 bridgehead atoms. The van der Waals surface area contributed by atoms with Crippen molar-refractivity contribution in [1.82, 2.24) is 0 Å². The van der Waals surface area contributed by atoms with Gasteiger partial charge in [0.05, 0.1) is 0 Å². The van der Waals surface area contributed by atoms with Crippen molar-refractivity contribution in [2.75, 3.05) is 21.3 Å². The van der Waals surface area contributed by atoms with Crippen LogP contribution in [0.2, 0.25) is 0 Å². The van der Waals surface area contributed by atoms with Gasteiger partial charge in [0.25, 0.3) is 0 Å². The van der Waals surface area contributed by atoms with E-state index in [1.54, 1.807) is 0 Å². The topological polar surface area (TPSA) is 35.5 Å². The van der Waals surface area contributed by atoms with Gasteiger partial charge in [-0.1, -0.05) is 63.7 Å². The minimum atomic E-state index is -2.17. The Morgan fingerprint density at radius 3 is 1.50 bits per heavy atom. The lowest BCUT2D eigenvalue weighted by Gasteiger charge is -2.00. The maximum Gasteiger partial charge on any atom is 0.804 e. The standard InChI is InChI=1S/C12H18Br4O3P/c13-7-1-3-11(5-9-15)18-20(17)19-12(6-10-16)4-2-8-14/h3-4H,1-2,5-10H2/q+1. The van der Waals surface area contributed by atoms with E-state index in [9.17, 15) is 4.57 Å². The number of rotatable bonds is 12. The van der Waals surface area contributed by atoms with Gasteiger partial charge in [0, 0.05) is 38.7 Å². The molecule has 0 aromatic heterocycles. The Kier molecular flexibility index (Phi) is 15.8. The van der Waals surface area contributed by atoms with Gasteiger partial charge >= 0.3 is 8.25 Å². The average Bonchev–Trinajstić information content (AvgIpc) is 2.42. The molecule has 0 amide bonds. The summed E-state index contributed by atoms with van der Waals surface area (Å²) in [4.78, 5) is 0. The summed E-state index contributed by atoms with van der Waals surface area (Å²) in [6, 6.07) is 0. The maximum absolute atomic E-state index is 11.9. The van der Waals surface area contributed by atoms with Crippen LogP contribution in [0.25, 0.3) is 0 Å². The normalized spacial score (nSPS) is 13.3. The summed E-state index contributed by atoms with van der Waals surface area (Å²) in [5.74, 6) is 1.39. The molecule has 0 spiro atoms. The van der Waals surface area contributed by atoms with Crippen LogP contribution in [-0.2, 0) is 13.6 Å². The SMILES string of the molecule is O=[P+](OC(=CCCBr)CCBr)OC(=CCCBr)CCBr. The van der Waals surface area contributed by atoms with Crippen LogP contribution in [0.1, 0.15) is 25.7 Å². The molecule has 0 rings (SSSR count). The first-order valence-electron chi connectivity index (χ1n) is 6.13. The second-order valence-electron chi connectivity index (χ2n) is 3.58. The fraction of sp³-hybridized carbons (Fsp3) is 0.667. The average molecular weight is 561 g/mol. The summed E-state index contributed by atoms with van der Waals surface area (Å²) in [7, 11) is -2.17. The van der Waals surface area contributed by atoms with Gasteiger partial charge < -0.3 is 0 Å². The number of hydrogen-bond acceptors (Lipinski definition) is 3. The number of alkyl halides is 4. The molecule has 8 heteroatoms. The molecule has 20 heavy (non-hydrogen) atoms. The third-order valence-electron chi connectivity index (χ3n) is 2.03. The number of halogens is 4. The first-order chi connectivity index (χ1) is 9.67. The summed E-state index contributed by atoms with van der Waals surface area (Å²) in [6.45, 7) is 0. The van der Waals surface area contributed by atoms with Crippen molar-refractivity contribution < 1.29 is 13.6 Å². The van der Waals surface area contributed by atoms with Crippen LogP contribution in [0.5, 0.6) is 0 Å². The molecule has 0 aliphatic carbocycles. The highest BCUT2D eigenvalue weighted by atomic mass is 79.9. The molecular formula is C12H18Br4O3P+. The van der Waals surface area contributed by atoms with Crippen LogP contribution in [0.4, 0.5) is 0 Å². The molecule has 0 unspecified atom stereocenters. The third-order valence-corrected chi connectivity index (χ3v) is 4.50. The van der Waals surface area contributed by atoms with E-state index in [2.05, 4.69) is 63.7 Å². The Balaban J connectivity index is 4.47. The molecule has 0 radical (unpaired) electrons. The van der Waals surface area contributed by atoms with E-state index in [-0.39, 0.29) is 0 Å². The molecule has 0 N–H and O–H groups in total. The Morgan fingerprint density at radius 1 is 0.800 bits per heavy atom. The Hall–Kier alpha value is 1.10. The first kappa shape index (κ1) is 21.1. The Labute approximate surface area is 155 Å². The zero-order valence-corrected chi connectivity index (χ0v) is 18.2. The van der Waals surface area contributed by atoms with Crippen LogP contribution in [0.3, 0.4) is 0 Å². The van der Waals surface area contributed by atoms with E-state index in [0.717, 1.165) is 34.2 Å². The Bertz CT molecular complexity index is 305. The molecule has 0 heterocycles.